The molecule has 2 atom stereocenters. The number of anilines is 1. The minimum atomic E-state index is -0.205. The molecule has 0 saturated heterocycles. The van der Waals surface area contributed by atoms with Crippen LogP contribution in [0, 0.1) is 12.8 Å². The molecule has 1 aromatic heterocycles. The Morgan fingerprint density at radius 1 is 1.48 bits per heavy atom. The largest absolute Gasteiger partial charge is 0.397 e. The van der Waals surface area contributed by atoms with E-state index >= 15 is 0 Å². The highest BCUT2D eigenvalue weighted by atomic mass is 32.1. The fraction of sp³-hybridized carbons (Fsp3) is 0.438. The minimum absolute atomic E-state index is 0.102. The molecule has 1 saturated carbocycles. The molecule has 112 valence electrons. The van der Waals surface area contributed by atoms with E-state index in [-0.39, 0.29) is 12.0 Å². The van der Waals surface area contributed by atoms with Gasteiger partial charge in [0.25, 0.3) is 5.91 Å². The highest BCUT2D eigenvalue weighted by Gasteiger charge is 2.24. The quantitative estimate of drug-likeness (QED) is 0.816. The van der Waals surface area contributed by atoms with Crippen molar-refractivity contribution in [2.45, 2.75) is 32.3 Å². The number of amides is 1. The van der Waals surface area contributed by atoms with E-state index in [1.807, 2.05) is 25.1 Å². The summed E-state index contributed by atoms with van der Waals surface area (Å²) < 4.78 is 1.08. The van der Waals surface area contributed by atoms with Gasteiger partial charge in [-0.1, -0.05) is 18.2 Å². The predicted molar refractivity (Wildman–Crippen MR) is 86.7 cm³/mol. The van der Waals surface area contributed by atoms with Crippen LogP contribution < -0.4 is 11.1 Å². The molecule has 1 aliphatic rings. The van der Waals surface area contributed by atoms with Crippen molar-refractivity contribution in [3.8, 4) is 0 Å². The molecule has 21 heavy (non-hydrogen) atoms. The van der Waals surface area contributed by atoms with Gasteiger partial charge in [0.2, 0.25) is 0 Å². The fourth-order valence-electron chi connectivity index (χ4n) is 3.00. The van der Waals surface area contributed by atoms with Crippen LogP contribution in [0.5, 0.6) is 0 Å². The Kier molecular flexibility index (Phi) is 3.87. The Morgan fingerprint density at radius 3 is 2.95 bits per heavy atom. The van der Waals surface area contributed by atoms with E-state index in [0.717, 1.165) is 34.9 Å². The third-order valence-corrected chi connectivity index (χ3v) is 5.58. The van der Waals surface area contributed by atoms with Gasteiger partial charge in [-0.25, -0.2) is 0 Å². The molecule has 0 bridgehead atoms. The van der Waals surface area contributed by atoms with Crippen LogP contribution in [0.2, 0.25) is 0 Å². The van der Waals surface area contributed by atoms with Crippen LogP contribution in [-0.4, -0.2) is 23.7 Å². The summed E-state index contributed by atoms with van der Waals surface area (Å²) in [5.74, 6) is 0.274. The topological polar surface area (TPSA) is 75.4 Å². The second kappa shape index (κ2) is 5.66. The standard InChI is InChI=1S/C16H20N2O2S/c1-9-3-2-4-12-13(17)15(21-14(9)12)16(20)18-8-10-5-6-11(19)7-10/h2-4,10-11,19H,5-8,17H2,1H3,(H,18,20). The second-order valence-corrected chi connectivity index (χ2v) is 6.86. The van der Waals surface area contributed by atoms with Crippen molar-refractivity contribution in [3.05, 3.63) is 28.6 Å². The first kappa shape index (κ1) is 14.4. The zero-order chi connectivity index (χ0) is 15.0. The van der Waals surface area contributed by atoms with Crippen molar-refractivity contribution < 1.29 is 9.90 Å². The number of hydrogen-bond acceptors (Lipinski definition) is 4. The number of nitrogens with one attached hydrogen (secondary N) is 1. The lowest BCUT2D eigenvalue weighted by molar-refractivity contribution is 0.0950. The zero-order valence-corrected chi connectivity index (χ0v) is 12.9. The molecule has 4 N–H and O–H groups in total. The summed E-state index contributed by atoms with van der Waals surface area (Å²) >= 11 is 1.46. The maximum atomic E-state index is 12.3. The molecule has 0 aliphatic heterocycles. The third-order valence-electron chi connectivity index (χ3n) is 4.22. The van der Waals surface area contributed by atoms with Gasteiger partial charge < -0.3 is 16.2 Å². The molecule has 1 fully saturated rings. The molecule has 2 aromatic rings. The number of carbonyl (C=O) groups is 1. The van der Waals surface area contributed by atoms with E-state index in [1.54, 1.807) is 0 Å². The van der Waals surface area contributed by atoms with Gasteiger partial charge in [0.05, 0.1) is 11.8 Å². The highest BCUT2D eigenvalue weighted by molar-refractivity contribution is 7.21. The average molecular weight is 304 g/mol. The number of hydrogen-bond donors (Lipinski definition) is 3. The van der Waals surface area contributed by atoms with E-state index in [9.17, 15) is 9.90 Å². The van der Waals surface area contributed by atoms with Crippen molar-refractivity contribution >= 4 is 33.0 Å². The number of thiophene rings is 1. The summed E-state index contributed by atoms with van der Waals surface area (Å²) in [5, 5.41) is 13.4. The number of aliphatic hydroxyl groups excluding tert-OH is 1. The summed E-state index contributed by atoms with van der Waals surface area (Å²) in [6.45, 7) is 2.64. The van der Waals surface area contributed by atoms with E-state index in [2.05, 4.69) is 5.32 Å². The number of fused-ring (bicyclic) bond motifs is 1. The number of aryl methyl sites for hydroxylation is 1. The Morgan fingerprint density at radius 2 is 2.29 bits per heavy atom. The predicted octanol–water partition coefficient (Wildman–Crippen LogP) is 2.68. The van der Waals surface area contributed by atoms with E-state index in [4.69, 9.17) is 5.73 Å². The number of carbonyl (C=O) groups excluding carboxylic acids is 1. The highest BCUT2D eigenvalue weighted by Crippen LogP contribution is 2.35. The number of rotatable bonds is 3. The van der Waals surface area contributed by atoms with Crippen LogP contribution in [0.25, 0.3) is 10.1 Å². The summed E-state index contributed by atoms with van der Waals surface area (Å²) in [5.41, 5.74) is 7.84. The SMILES string of the molecule is Cc1cccc2c(N)c(C(=O)NCC3CCC(O)C3)sc12. The molecule has 0 radical (unpaired) electrons. The first-order valence-electron chi connectivity index (χ1n) is 7.30. The molecule has 3 rings (SSSR count). The maximum Gasteiger partial charge on any atom is 0.263 e. The van der Waals surface area contributed by atoms with E-state index < -0.39 is 0 Å². The lowest BCUT2D eigenvalue weighted by atomic mass is 10.1. The van der Waals surface area contributed by atoms with Crippen LogP contribution >= 0.6 is 11.3 Å². The Balaban J connectivity index is 1.75. The Bertz CT molecular complexity index is 680. The summed E-state index contributed by atoms with van der Waals surface area (Å²) in [7, 11) is 0. The van der Waals surface area contributed by atoms with Crippen molar-refractivity contribution in [1.29, 1.82) is 0 Å². The Labute approximate surface area is 128 Å². The summed E-state index contributed by atoms with van der Waals surface area (Å²) in [6.07, 6.45) is 2.39. The zero-order valence-electron chi connectivity index (χ0n) is 12.1. The summed E-state index contributed by atoms with van der Waals surface area (Å²) in [4.78, 5) is 12.9. The van der Waals surface area contributed by atoms with Crippen LogP contribution in [0.4, 0.5) is 5.69 Å². The summed E-state index contributed by atoms with van der Waals surface area (Å²) in [6, 6.07) is 5.94. The van der Waals surface area contributed by atoms with Crippen LogP contribution in [-0.2, 0) is 0 Å². The van der Waals surface area contributed by atoms with Gasteiger partial charge in [0, 0.05) is 16.6 Å². The molecular formula is C16H20N2O2S. The molecule has 0 spiro atoms. The molecule has 1 heterocycles. The lowest BCUT2D eigenvalue weighted by Gasteiger charge is -2.10. The van der Waals surface area contributed by atoms with Gasteiger partial charge in [-0.2, -0.15) is 0 Å². The number of nitrogens with two attached hydrogens (primary N) is 1. The van der Waals surface area contributed by atoms with Gasteiger partial charge in [0.1, 0.15) is 4.88 Å². The van der Waals surface area contributed by atoms with E-state index in [0.29, 0.717) is 23.0 Å². The first-order chi connectivity index (χ1) is 10.1. The molecule has 1 aromatic carbocycles. The normalized spacial score (nSPS) is 21.8. The number of nitrogen functional groups attached to an aromatic ring is 1. The van der Waals surface area contributed by atoms with Gasteiger partial charge in [-0.3, -0.25) is 4.79 Å². The molecule has 1 amide bonds. The third kappa shape index (κ3) is 2.76. The molecule has 2 unspecified atom stereocenters. The average Bonchev–Trinajstić information content (AvgIpc) is 3.02. The lowest BCUT2D eigenvalue weighted by Crippen LogP contribution is -2.28. The molecule has 1 aliphatic carbocycles. The maximum absolute atomic E-state index is 12.3. The molecular weight excluding hydrogens is 284 g/mol. The van der Waals surface area contributed by atoms with Crippen LogP contribution in [0.1, 0.15) is 34.5 Å². The smallest absolute Gasteiger partial charge is 0.263 e. The van der Waals surface area contributed by atoms with Gasteiger partial charge in [-0.15, -0.1) is 11.3 Å². The van der Waals surface area contributed by atoms with Gasteiger partial charge in [-0.05, 0) is 37.7 Å². The molecule has 5 heteroatoms. The van der Waals surface area contributed by atoms with Crippen LogP contribution in [0.3, 0.4) is 0 Å². The molecule has 4 nitrogen and oxygen atoms in total. The van der Waals surface area contributed by atoms with E-state index in [1.165, 1.54) is 11.3 Å². The van der Waals surface area contributed by atoms with Crippen molar-refractivity contribution in [1.82, 2.24) is 5.32 Å². The van der Waals surface area contributed by atoms with Gasteiger partial charge >= 0.3 is 0 Å². The Hall–Kier alpha value is -1.59. The number of benzene rings is 1. The van der Waals surface area contributed by atoms with Crippen molar-refractivity contribution in [2.24, 2.45) is 5.92 Å². The van der Waals surface area contributed by atoms with Gasteiger partial charge in [0.15, 0.2) is 0 Å². The van der Waals surface area contributed by atoms with Crippen LogP contribution in [0.15, 0.2) is 18.2 Å². The monoisotopic (exact) mass is 304 g/mol. The first-order valence-corrected chi connectivity index (χ1v) is 8.11. The fourth-order valence-corrected chi connectivity index (χ4v) is 4.11. The van der Waals surface area contributed by atoms with Crippen molar-refractivity contribution in [2.75, 3.05) is 12.3 Å². The number of aliphatic hydroxyl groups is 1. The second-order valence-electron chi connectivity index (χ2n) is 5.84. The van der Waals surface area contributed by atoms with Crippen molar-refractivity contribution in [3.63, 3.8) is 0 Å². The minimum Gasteiger partial charge on any atom is -0.397 e.